The summed E-state index contributed by atoms with van der Waals surface area (Å²) < 4.78 is 72.6. The fraction of sp³-hybridized carbons (Fsp3) is 0.793. The van der Waals surface area contributed by atoms with Gasteiger partial charge in [-0.3, -0.25) is 66.9 Å². The maximum absolute atomic E-state index is 15.4. The van der Waals surface area contributed by atoms with Crippen LogP contribution in [0.2, 0.25) is 0 Å². The van der Waals surface area contributed by atoms with Crippen LogP contribution in [0.5, 0.6) is 5.75 Å². The zero-order valence-electron chi connectivity index (χ0n) is 83.3. The van der Waals surface area contributed by atoms with Gasteiger partial charge in [0.15, 0.2) is 25.2 Å². The van der Waals surface area contributed by atoms with Gasteiger partial charge in [0, 0.05) is 112 Å². The van der Waals surface area contributed by atoms with Gasteiger partial charge in [-0.1, -0.05) is 77.0 Å². The number of carbonyl (C=O) groups excluding carboxylic acids is 12. The minimum Gasteiger partial charge on any atom is -0.756 e. The van der Waals surface area contributed by atoms with Crippen LogP contribution in [-0.2, 0) is 104 Å². The molecule has 0 bridgehead atoms. The number of amides is 12. The standard InChI is InChI=1S/C92H157N12O39PS/c1-56(109)99-74-82(124)78(120)63(52-105)140-89(74)135-37-24-12-7-19-31-93-69(114)48-103(49-70(115)94-32-20-8-13-25-38-136-90-75(100-57(2)110)83(125)79(121)64(53-106)141-90)87(129)60-44-61(46-62(45-60)134-42-36-97-68(113)30-18-17-23-35-98-86(128)67(47-73(118)119)145-43-29-16-6-11-28-41-139-144(131,132)133-5)88(130)104(50-71(116)95-33-21-9-14-26-39-137-91-76(101-58(3)111)84(126)80(122)65(54-107)142-91)51-72(117)96-34-22-10-15-27-40-138-92-77(102-59(4)112)85(127)81(123)66(55-108)143-92/h44-46,63-67,74-85,89-92,105-108,120-127H,6-43,47-55H2,1-5H3,(H,93,114)(H,94,115)(H,95,116)(H,96,117)(H,97,113)(H,98,128)(H,99,109)(H,100,110)(H,101,111)(H,102,112)(H,118,119)(H,131,132)/p-1. The third kappa shape index (κ3) is 48.5. The van der Waals surface area contributed by atoms with Crippen LogP contribution in [0.4, 0.5) is 0 Å². The van der Waals surface area contributed by atoms with E-state index in [0.717, 1.165) is 35.8 Å². The fourth-order valence-electron chi connectivity index (χ4n) is 16.0. The Bertz CT molecular complexity index is 3760. The van der Waals surface area contributed by atoms with E-state index in [1.165, 1.54) is 51.6 Å². The van der Waals surface area contributed by atoms with Crippen molar-refractivity contribution < 1.29 is 190 Å². The highest BCUT2D eigenvalue weighted by atomic mass is 32.2. The number of aliphatic hydroxyl groups is 12. The first-order valence-corrected chi connectivity index (χ1v) is 52.1. The van der Waals surface area contributed by atoms with Crippen molar-refractivity contribution in [1.82, 2.24) is 63.0 Å². The number of aliphatic carboxylic acids is 1. The number of hydrogen-bond acceptors (Lipinski definition) is 39. The van der Waals surface area contributed by atoms with Gasteiger partial charge < -0.3 is 186 Å². The Morgan fingerprint density at radius 2 is 0.669 bits per heavy atom. The summed E-state index contributed by atoms with van der Waals surface area (Å²) in [6.07, 6.45) is -10.6. The van der Waals surface area contributed by atoms with E-state index in [0.29, 0.717) is 147 Å². The van der Waals surface area contributed by atoms with Crippen molar-refractivity contribution in [2.24, 2.45) is 0 Å². The number of unbranched alkanes of at least 4 members (excludes halogenated alkanes) is 18. The van der Waals surface area contributed by atoms with E-state index in [1.807, 2.05) is 0 Å². The zero-order chi connectivity index (χ0) is 107. The third-order valence-corrected chi connectivity index (χ3v) is 26.1. The number of nitrogens with zero attached hydrogens (tertiary/aromatic N) is 2. The Morgan fingerprint density at radius 3 is 0.979 bits per heavy atom. The minimum atomic E-state index is -4.32. The predicted octanol–water partition coefficient (Wildman–Crippen LogP) is -5.05. The summed E-state index contributed by atoms with van der Waals surface area (Å²) in [5.41, 5.74) is -0.707. The van der Waals surface area contributed by atoms with Crippen molar-refractivity contribution in [2.45, 2.75) is 322 Å². The highest BCUT2D eigenvalue weighted by Gasteiger charge is 2.50. The maximum atomic E-state index is 15.4. The molecule has 51 nitrogen and oxygen atoms in total. The molecule has 0 spiro atoms. The van der Waals surface area contributed by atoms with E-state index in [2.05, 4.69) is 57.7 Å². The summed E-state index contributed by atoms with van der Waals surface area (Å²) in [7, 11) is -3.31. The van der Waals surface area contributed by atoms with Gasteiger partial charge >= 0.3 is 5.97 Å². The highest BCUT2D eigenvalue weighted by molar-refractivity contribution is 8.00. The van der Waals surface area contributed by atoms with Crippen LogP contribution in [0.25, 0.3) is 0 Å². The number of carbonyl (C=O) groups is 13. The van der Waals surface area contributed by atoms with Crippen LogP contribution in [0.1, 0.15) is 215 Å². The van der Waals surface area contributed by atoms with E-state index in [1.54, 1.807) is 0 Å². The second-order valence-corrected chi connectivity index (χ2v) is 38.7. The summed E-state index contributed by atoms with van der Waals surface area (Å²) in [6.45, 7) is -0.797. The molecule has 4 aliphatic rings. The van der Waals surface area contributed by atoms with Gasteiger partial charge in [0.25, 0.3) is 19.6 Å². The van der Waals surface area contributed by atoms with Crippen molar-refractivity contribution in [2.75, 3.05) is 144 Å². The molecule has 23 N–H and O–H groups in total. The Kier molecular flexibility index (Phi) is 62.1. The first kappa shape index (κ1) is 127. The molecule has 145 heavy (non-hydrogen) atoms. The van der Waals surface area contributed by atoms with E-state index in [-0.39, 0.29) is 102 Å². The van der Waals surface area contributed by atoms with E-state index in [4.69, 9.17) is 47.2 Å². The second kappa shape index (κ2) is 70.7. The summed E-state index contributed by atoms with van der Waals surface area (Å²) >= 11 is 1.21. The number of thioether (sulfide) groups is 1. The Morgan fingerprint density at radius 1 is 0.379 bits per heavy atom. The van der Waals surface area contributed by atoms with Gasteiger partial charge in [-0.15, -0.1) is 11.8 Å². The molecule has 4 fully saturated rings. The minimum absolute atomic E-state index is 0.0155. The van der Waals surface area contributed by atoms with Crippen molar-refractivity contribution in [1.29, 1.82) is 0 Å². The Labute approximate surface area is 847 Å². The molecule has 1 aromatic rings. The summed E-state index contributed by atoms with van der Waals surface area (Å²) in [4.78, 5) is 187. The smallest absolute Gasteiger partial charge is 0.305 e. The lowest BCUT2D eigenvalue weighted by atomic mass is 9.97. The van der Waals surface area contributed by atoms with Crippen molar-refractivity contribution >= 4 is 96.4 Å². The Balaban J connectivity index is 1.38. The number of phosphoric ester groups is 1. The summed E-state index contributed by atoms with van der Waals surface area (Å²) in [5.74, 6) is -8.88. The fourth-order valence-corrected chi connectivity index (χ4v) is 17.6. The average Bonchev–Trinajstić information content (AvgIpc) is 0.819. The molecule has 4 saturated heterocycles. The molecule has 830 valence electrons. The van der Waals surface area contributed by atoms with Gasteiger partial charge in [-0.2, -0.15) is 0 Å². The SMILES string of the molecule is COP(=O)([O-])OCCCCCCCSC(CC(=O)O)C(=O)NCCCCCC(=O)NCCOc1cc(C(=O)N(CC(=O)NCCCCCCOC2OC(CO)C(O)C(O)C2NC(C)=O)CC(=O)NCCCCCCOC2OC(CO)C(O)C(O)C2NC(C)=O)cc(C(=O)N(CC(=O)NCCCCCCOC2OC(CO)C(O)C(O)C2NC(C)=O)CC(=O)NCCCCCCOC2OC(CO)C(O)C(O)C2NC(C)=O)c1. The van der Waals surface area contributed by atoms with E-state index in [9.17, 15) is 129 Å². The van der Waals surface area contributed by atoms with Crippen molar-refractivity contribution in [3.63, 3.8) is 0 Å². The quantitative estimate of drug-likeness (QED) is 0.0214. The number of benzene rings is 1. The van der Waals surface area contributed by atoms with Crippen molar-refractivity contribution in [3.05, 3.63) is 29.3 Å². The molecule has 4 aliphatic heterocycles. The largest absolute Gasteiger partial charge is 0.756 e. The lowest BCUT2D eigenvalue weighted by molar-refractivity contribution is -0.270. The first-order valence-electron chi connectivity index (χ1n) is 49.6. The normalized spacial score (nSPS) is 24.6. The summed E-state index contributed by atoms with van der Waals surface area (Å²) in [6, 6.07) is -1.13. The molecule has 0 aromatic heterocycles. The monoisotopic (exact) mass is 2120 g/mol. The zero-order valence-corrected chi connectivity index (χ0v) is 85.0. The maximum Gasteiger partial charge on any atom is 0.305 e. The van der Waals surface area contributed by atoms with Crippen LogP contribution in [0, 0.1) is 0 Å². The predicted molar refractivity (Wildman–Crippen MR) is 512 cm³/mol. The van der Waals surface area contributed by atoms with Crippen LogP contribution in [0.3, 0.4) is 0 Å². The van der Waals surface area contributed by atoms with Crippen LogP contribution < -0.4 is 62.8 Å². The van der Waals surface area contributed by atoms with Crippen LogP contribution >= 0.6 is 19.6 Å². The molecule has 22 atom stereocenters. The number of ether oxygens (including phenoxy) is 9. The van der Waals surface area contributed by atoms with Gasteiger partial charge in [-0.25, -0.2) is 0 Å². The first-order chi connectivity index (χ1) is 69.3. The average molecular weight is 2120 g/mol. The number of aliphatic hydroxyl groups excluding tert-OH is 12. The number of carboxylic acid groups (broad SMARTS) is 1. The van der Waals surface area contributed by atoms with E-state index >= 15 is 9.59 Å². The number of carboxylic acids is 1. The molecule has 0 aliphatic carbocycles. The number of phosphoric acid groups is 1. The highest BCUT2D eigenvalue weighted by Crippen LogP contribution is 2.37. The molecular weight excluding hydrogens is 1960 g/mol. The molecule has 12 amide bonds. The summed E-state index contributed by atoms with van der Waals surface area (Å²) in [5, 5.41) is 159. The Hall–Kier alpha value is -8.21. The van der Waals surface area contributed by atoms with E-state index < -0.39 is 272 Å². The van der Waals surface area contributed by atoms with Crippen molar-refractivity contribution in [3.8, 4) is 5.75 Å². The molecule has 53 heteroatoms. The van der Waals surface area contributed by atoms with Crippen LogP contribution in [-0.4, -0.2) is 425 Å². The van der Waals surface area contributed by atoms with Gasteiger partial charge in [0.1, 0.15) is 136 Å². The lowest BCUT2D eigenvalue weighted by Gasteiger charge is -2.42. The molecule has 1 aromatic carbocycles. The second-order valence-electron chi connectivity index (χ2n) is 35.8. The van der Waals surface area contributed by atoms with Gasteiger partial charge in [-0.05, 0) is 101 Å². The third-order valence-electron chi connectivity index (χ3n) is 23.8. The lowest BCUT2D eigenvalue weighted by Crippen LogP contribution is -2.64. The molecule has 0 radical (unpaired) electrons. The molecule has 5 rings (SSSR count). The number of hydrogen-bond donors (Lipinski definition) is 23. The molecular formula is C92H156N12O39PS-. The molecule has 22 unspecified atom stereocenters. The number of rotatable bonds is 74. The number of nitrogens with one attached hydrogen (secondary N) is 10. The van der Waals surface area contributed by atoms with Crippen LogP contribution in [0.15, 0.2) is 18.2 Å². The van der Waals surface area contributed by atoms with Gasteiger partial charge in [0.05, 0.1) is 51.2 Å². The molecule has 0 saturated carbocycles. The van der Waals surface area contributed by atoms with Gasteiger partial charge in [0.2, 0.25) is 59.1 Å². The molecule has 4 heterocycles. The topological polar surface area (TPSA) is 753 Å².